The second-order valence-electron chi connectivity index (χ2n) is 5.93. The first-order chi connectivity index (χ1) is 11.6. The molecule has 0 saturated carbocycles. The standard InChI is InChI=1S/C18H21NO4S/c1-19-11-14-9-13(12-20)17-8-7-16(10-18(17)23-14)24(21,22)15-5-3-2-4-6-15/h2-8,10,13-14,19-20H,9,11-12H2,1H3. The normalized spacial score (nSPS) is 20.2. The van der Waals surface area contributed by atoms with Gasteiger partial charge in [-0.1, -0.05) is 24.3 Å². The van der Waals surface area contributed by atoms with Gasteiger partial charge in [-0.15, -0.1) is 0 Å². The van der Waals surface area contributed by atoms with Crippen LogP contribution in [-0.2, 0) is 9.84 Å². The fourth-order valence-electron chi connectivity index (χ4n) is 3.05. The van der Waals surface area contributed by atoms with Crippen LogP contribution in [0.2, 0.25) is 0 Å². The Morgan fingerprint density at radius 1 is 1.17 bits per heavy atom. The maximum atomic E-state index is 12.8. The molecule has 0 saturated heterocycles. The van der Waals surface area contributed by atoms with Crippen molar-refractivity contribution in [1.29, 1.82) is 0 Å². The molecule has 24 heavy (non-hydrogen) atoms. The van der Waals surface area contributed by atoms with Gasteiger partial charge in [-0.3, -0.25) is 0 Å². The first-order valence-electron chi connectivity index (χ1n) is 7.92. The Kier molecular flexibility index (Phi) is 4.89. The minimum Gasteiger partial charge on any atom is -0.489 e. The molecule has 1 heterocycles. The van der Waals surface area contributed by atoms with E-state index in [9.17, 15) is 13.5 Å². The predicted octanol–water partition coefficient (Wildman–Crippen LogP) is 1.97. The quantitative estimate of drug-likeness (QED) is 0.865. The van der Waals surface area contributed by atoms with Gasteiger partial charge in [0.15, 0.2) is 0 Å². The van der Waals surface area contributed by atoms with E-state index < -0.39 is 9.84 Å². The molecule has 0 bridgehead atoms. The third kappa shape index (κ3) is 3.17. The van der Waals surface area contributed by atoms with E-state index in [1.165, 1.54) is 0 Å². The minimum absolute atomic E-state index is 0.0152. The average molecular weight is 347 g/mol. The maximum absolute atomic E-state index is 12.8. The van der Waals surface area contributed by atoms with Crippen molar-refractivity contribution in [2.45, 2.75) is 28.2 Å². The van der Waals surface area contributed by atoms with Crippen LogP contribution in [0.25, 0.3) is 0 Å². The van der Waals surface area contributed by atoms with Crippen LogP contribution in [0.4, 0.5) is 0 Å². The first-order valence-corrected chi connectivity index (χ1v) is 9.40. The number of rotatable bonds is 5. The predicted molar refractivity (Wildman–Crippen MR) is 91.1 cm³/mol. The summed E-state index contributed by atoms with van der Waals surface area (Å²) >= 11 is 0. The molecule has 2 aromatic rings. The Hall–Kier alpha value is -1.89. The van der Waals surface area contributed by atoms with Gasteiger partial charge in [-0.25, -0.2) is 8.42 Å². The van der Waals surface area contributed by atoms with Gasteiger partial charge in [0.05, 0.1) is 16.4 Å². The largest absolute Gasteiger partial charge is 0.489 e. The Morgan fingerprint density at radius 3 is 2.58 bits per heavy atom. The van der Waals surface area contributed by atoms with E-state index in [0.29, 0.717) is 18.7 Å². The summed E-state index contributed by atoms with van der Waals surface area (Å²) < 4.78 is 31.5. The molecule has 2 aromatic carbocycles. The van der Waals surface area contributed by atoms with E-state index >= 15 is 0 Å². The summed E-state index contributed by atoms with van der Waals surface area (Å²) in [5, 5.41) is 12.7. The Bertz CT molecular complexity index is 805. The van der Waals surface area contributed by atoms with Gasteiger partial charge in [-0.05, 0) is 43.3 Å². The molecule has 128 valence electrons. The van der Waals surface area contributed by atoms with Gasteiger partial charge in [-0.2, -0.15) is 0 Å². The van der Waals surface area contributed by atoms with Crippen molar-refractivity contribution < 1.29 is 18.3 Å². The Balaban J connectivity index is 2.00. The molecule has 1 aliphatic heterocycles. The van der Waals surface area contributed by atoms with Crippen molar-refractivity contribution in [1.82, 2.24) is 5.32 Å². The van der Waals surface area contributed by atoms with E-state index in [4.69, 9.17) is 4.74 Å². The van der Waals surface area contributed by atoms with Gasteiger partial charge in [0, 0.05) is 12.5 Å². The molecule has 0 aromatic heterocycles. The van der Waals surface area contributed by atoms with Crippen molar-refractivity contribution in [3.63, 3.8) is 0 Å². The lowest BCUT2D eigenvalue weighted by Gasteiger charge is -2.31. The fourth-order valence-corrected chi connectivity index (χ4v) is 4.35. The monoisotopic (exact) mass is 347 g/mol. The van der Waals surface area contributed by atoms with Crippen LogP contribution in [-0.4, -0.2) is 39.8 Å². The highest BCUT2D eigenvalue weighted by molar-refractivity contribution is 7.91. The lowest BCUT2D eigenvalue weighted by Crippen LogP contribution is -2.35. The highest BCUT2D eigenvalue weighted by atomic mass is 32.2. The number of nitrogens with one attached hydrogen (secondary N) is 1. The van der Waals surface area contributed by atoms with Gasteiger partial charge < -0.3 is 15.2 Å². The molecule has 6 heteroatoms. The molecule has 2 N–H and O–H groups in total. The van der Waals surface area contributed by atoms with Crippen molar-refractivity contribution in [2.24, 2.45) is 0 Å². The molecule has 2 atom stereocenters. The molecule has 3 rings (SSSR count). The number of aliphatic hydroxyl groups is 1. The minimum atomic E-state index is -3.58. The number of aliphatic hydroxyl groups excluding tert-OH is 1. The van der Waals surface area contributed by atoms with Gasteiger partial charge in [0.1, 0.15) is 11.9 Å². The maximum Gasteiger partial charge on any atom is 0.206 e. The molecule has 5 nitrogen and oxygen atoms in total. The molecule has 0 aliphatic carbocycles. The number of sulfone groups is 1. The number of hydrogen-bond donors (Lipinski definition) is 2. The van der Waals surface area contributed by atoms with Crippen LogP contribution >= 0.6 is 0 Å². The van der Waals surface area contributed by atoms with Crippen LogP contribution in [0.5, 0.6) is 5.75 Å². The number of benzene rings is 2. The number of hydrogen-bond acceptors (Lipinski definition) is 5. The summed E-state index contributed by atoms with van der Waals surface area (Å²) in [4.78, 5) is 0.459. The van der Waals surface area contributed by atoms with Crippen LogP contribution < -0.4 is 10.1 Å². The zero-order chi connectivity index (χ0) is 17.2. The molecule has 0 radical (unpaired) electrons. The molecule has 1 aliphatic rings. The van der Waals surface area contributed by atoms with E-state index in [-0.39, 0.29) is 28.4 Å². The SMILES string of the molecule is CNCC1CC(CO)c2ccc(S(=O)(=O)c3ccccc3)cc2O1. The zero-order valence-corrected chi connectivity index (χ0v) is 14.3. The third-order valence-corrected chi connectivity index (χ3v) is 6.05. The molecular formula is C18H21NO4S. The highest BCUT2D eigenvalue weighted by Gasteiger charge is 2.29. The van der Waals surface area contributed by atoms with Crippen LogP contribution in [0.3, 0.4) is 0 Å². The van der Waals surface area contributed by atoms with Crippen molar-refractivity contribution in [2.75, 3.05) is 20.2 Å². The van der Waals surface area contributed by atoms with E-state index in [1.807, 2.05) is 7.05 Å². The lowest BCUT2D eigenvalue weighted by atomic mass is 9.90. The van der Waals surface area contributed by atoms with Crippen molar-refractivity contribution in [3.8, 4) is 5.75 Å². The smallest absolute Gasteiger partial charge is 0.206 e. The fraction of sp³-hybridized carbons (Fsp3) is 0.333. The number of fused-ring (bicyclic) bond motifs is 1. The Labute approximate surface area is 142 Å². The van der Waals surface area contributed by atoms with Crippen molar-refractivity contribution in [3.05, 3.63) is 54.1 Å². The second kappa shape index (κ2) is 6.93. The lowest BCUT2D eigenvalue weighted by molar-refractivity contribution is 0.133. The summed E-state index contributed by atoms with van der Waals surface area (Å²) in [5.74, 6) is 0.498. The molecule has 0 amide bonds. The summed E-state index contributed by atoms with van der Waals surface area (Å²) in [7, 11) is -1.75. The third-order valence-electron chi connectivity index (χ3n) is 4.28. The molecular weight excluding hydrogens is 326 g/mol. The van der Waals surface area contributed by atoms with Crippen LogP contribution in [0.15, 0.2) is 58.3 Å². The molecule has 0 fully saturated rings. The van der Waals surface area contributed by atoms with Crippen LogP contribution in [0, 0.1) is 0 Å². The number of likely N-dealkylation sites (N-methyl/N-ethyl adjacent to an activating group) is 1. The Morgan fingerprint density at radius 2 is 1.92 bits per heavy atom. The van der Waals surface area contributed by atoms with E-state index in [2.05, 4.69) is 5.32 Å². The highest BCUT2D eigenvalue weighted by Crippen LogP contribution is 2.38. The van der Waals surface area contributed by atoms with E-state index in [1.54, 1.807) is 48.5 Å². The van der Waals surface area contributed by atoms with Gasteiger partial charge in [0.2, 0.25) is 9.84 Å². The van der Waals surface area contributed by atoms with E-state index in [0.717, 1.165) is 5.56 Å². The summed E-state index contributed by atoms with van der Waals surface area (Å²) in [6.07, 6.45) is 0.615. The van der Waals surface area contributed by atoms with Crippen molar-refractivity contribution >= 4 is 9.84 Å². The molecule has 0 spiro atoms. The zero-order valence-electron chi connectivity index (χ0n) is 13.5. The molecule has 2 unspecified atom stereocenters. The average Bonchev–Trinajstić information content (AvgIpc) is 2.61. The number of ether oxygens (including phenoxy) is 1. The first kappa shape index (κ1) is 17.0. The van der Waals surface area contributed by atoms with Gasteiger partial charge >= 0.3 is 0 Å². The van der Waals surface area contributed by atoms with Gasteiger partial charge in [0.25, 0.3) is 0 Å². The summed E-state index contributed by atoms with van der Waals surface area (Å²) in [6.45, 7) is 0.660. The topological polar surface area (TPSA) is 75.6 Å². The summed E-state index contributed by atoms with van der Waals surface area (Å²) in [5.41, 5.74) is 0.858. The summed E-state index contributed by atoms with van der Waals surface area (Å²) in [6, 6.07) is 13.3. The second-order valence-corrected chi connectivity index (χ2v) is 7.88. The van der Waals surface area contributed by atoms with Crippen LogP contribution in [0.1, 0.15) is 17.9 Å².